The summed E-state index contributed by atoms with van der Waals surface area (Å²) in [6.07, 6.45) is 1.30. The number of carbonyl (C=O) groups is 2. The lowest BCUT2D eigenvalue weighted by atomic mass is 9.96. The van der Waals surface area contributed by atoms with E-state index in [2.05, 4.69) is 10.6 Å². The lowest BCUT2D eigenvalue weighted by Gasteiger charge is -2.32. The Kier molecular flexibility index (Phi) is 6.53. The first-order valence-corrected chi connectivity index (χ1v) is 9.71. The molecule has 28 heavy (non-hydrogen) atoms. The van der Waals surface area contributed by atoms with Crippen LogP contribution in [0.25, 0.3) is 0 Å². The van der Waals surface area contributed by atoms with Crippen molar-refractivity contribution in [2.75, 3.05) is 18.4 Å². The lowest BCUT2D eigenvalue weighted by Crippen LogP contribution is -2.47. The minimum absolute atomic E-state index is 0.0342. The van der Waals surface area contributed by atoms with Gasteiger partial charge in [-0.25, -0.2) is 4.79 Å². The summed E-state index contributed by atoms with van der Waals surface area (Å²) in [5.74, 6) is 1.17. The van der Waals surface area contributed by atoms with Gasteiger partial charge in [-0.05, 0) is 51.0 Å². The monoisotopic (exact) mass is 381 g/mol. The van der Waals surface area contributed by atoms with Crippen LogP contribution in [0.1, 0.15) is 26.7 Å². The molecule has 0 unspecified atom stereocenters. The molecule has 1 aliphatic heterocycles. The van der Waals surface area contributed by atoms with Gasteiger partial charge in [0, 0.05) is 25.0 Å². The summed E-state index contributed by atoms with van der Waals surface area (Å²) in [5.41, 5.74) is 0.649. The summed E-state index contributed by atoms with van der Waals surface area (Å²) in [4.78, 5) is 26.6. The van der Waals surface area contributed by atoms with Crippen LogP contribution in [0.4, 0.5) is 10.5 Å². The van der Waals surface area contributed by atoms with E-state index >= 15 is 0 Å². The largest absolute Gasteiger partial charge is 0.455 e. The molecule has 0 spiro atoms. The van der Waals surface area contributed by atoms with Crippen LogP contribution in [-0.4, -0.2) is 36.0 Å². The second-order valence-electron chi connectivity index (χ2n) is 7.27. The standard InChI is InChI=1S/C22H27N3O3/c1-16(2)23-22(27)25-14-12-17(13-15-25)21(26)24-19-10-6-7-11-20(19)28-18-8-4-3-5-9-18/h3-11,16-17H,12-15H2,1-2H3,(H,23,27)(H,24,26). The van der Waals surface area contributed by atoms with Crippen LogP contribution in [0.15, 0.2) is 54.6 Å². The molecule has 148 valence electrons. The molecule has 0 radical (unpaired) electrons. The molecule has 6 heteroatoms. The fourth-order valence-corrected chi connectivity index (χ4v) is 3.19. The molecule has 0 saturated carbocycles. The van der Waals surface area contributed by atoms with Gasteiger partial charge in [-0.1, -0.05) is 30.3 Å². The predicted octanol–water partition coefficient (Wildman–Crippen LogP) is 4.25. The number of urea groups is 1. The van der Waals surface area contributed by atoms with E-state index in [9.17, 15) is 9.59 Å². The van der Waals surface area contributed by atoms with Gasteiger partial charge in [0.25, 0.3) is 0 Å². The number of nitrogens with one attached hydrogen (secondary N) is 2. The highest BCUT2D eigenvalue weighted by Crippen LogP contribution is 2.30. The predicted molar refractivity (Wildman–Crippen MR) is 110 cm³/mol. The van der Waals surface area contributed by atoms with Crippen LogP contribution in [0, 0.1) is 5.92 Å². The second-order valence-corrected chi connectivity index (χ2v) is 7.27. The number of para-hydroxylation sites is 3. The van der Waals surface area contributed by atoms with E-state index in [1.807, 2.05) is 68.4 Å². The number of rotatable bonds is 5. The summed E-state index contributed by atoms with van der Waals surface area (Å²) in [7, 11) is 0. The molecule has 1 saturated heterocycles. The number of benzene rings is 2. The van der Waals surface area contributed by atoms with Crippen molar-refractivity contribution in [2.24, 2.45) is 5.92 Å². The maximum absolute atomic E-state index is 12.7. The van der Waals surface area contributed by atoms with E-state index in [0.717, 1.165) is 0 Å². The van der Waals surface area contributed by atoms with E-state index in [4.69, 9.17) is 4.74 Å². The zero-order valence-corrected chi connectivity index (χ0v) is 16.4. The van der Waals surface area contributed by atoms with Gasteiger partial charge in [0.1, 0.15) is 5.75 Å². The van der Waals surface area contributed by atoms with Crippen LogP contribution in [0.5, 0.6) is 11.5 Å². The highest BCUT2D eigenvalue weighted by atomic mass is 16.5. The Bertz CT molecular complexity index is 800. The Hall–Kier alpha value is -3.02. The Balaban J connectivity index is 1.58. The highest BCUT2D eigenvalue weighted by Gasteiger charge is 2.28. The maximum Gasteiger partial charge on any atom is 0.317 e. The van der Waals surface area contributed by atoms with Gasteiger partial charge >= 0.3 is 6.03 Å². The van der Waals surface area contributed by atoms with Crippen molar-refractivity contribution < 1.29 is 14.3 Å². The molecule has 0 aliphatic carbocycles. The quantitative estimate of drug-likeness (QED) is 0.813. The Morgan fingerprint density at radius 2 is 1.64 bits per heavy atom. The van der Waals surface area contributed by atoms with Gasteiger partial charge in [0.15, 0.2) is 5.75 Å². The van der Waals surface area contributed by atoms with Gasteiger partial charge in [-0.15, -0.1) is 0 Å². The molecule has 1 aliphatic rings. The molecule has 0 bridgehead atoms. The third kappa shape index (κ3) is 5.25. The smallest absolute Gasteiger partial charge is 0.317 e. The zero-order valence-electron chi connectivity index (χ0n) is 16.4. The summed E-state index contributed by atoms with van der Waals surface area (Å²) >= 11 is 0. The number of nitrogens with zero attached hydrogens (tertiary/aromatic N) is 1. The first-order chi connectivity index (χ1) is 13.5. The molecular formula is C22H27N3O3. The molecule has 3 rings (SSSR count). The fourth-order valence-electron chi connectivity index (χ4n) is 3.19. The van der Waals surface area contributed by atoms with Gasteiger partial charge in [-0.3, -0.25) is 4.79 Å². The highest BCUT2D eigenvalue weighted by molar-refractivity contribution is 5.94. The van der Waals surface area contributed by atoms with Crippen molar-refractivity contribution >= 4 is 17.6 Å². The van der Waals surface area contributed by atoms with Crippen LogP contribution in [0.3, 0.4) is 0 Å². The number of hydrogen-bond acceptors (Lipinski definition) is 3. The molecule has 6 nitrogen and oxygen atoms in total. The number of ether oxygens (including phenoxy) is 1. The topological polar surface area (TPSA) is 70.7 Å². The molecule has 0 atom stereocenters. The van der Waals surface area contributed by atoms with E-state index < -0.39 is 0 Å². The van der Waals surface area contributed by atoms with Gasteiger partial charge in [0.05, 0.1) is 5.69 Å². The van der Waals surface area contributed by atoms with E-state index in [1.54, 1.807) is 4.90 Å². The lowest BCUT2D eigenvalue weighted by molar-refractivity contribution is -0.121. The normalized spacial score (nSPS) is 14.6. The molecule has 1 heterocycles. The van der Waals surface area contributed by atoms with Crippen LogP contribution >= 0.6 is 0 Å². The molecule has 2 aromatic rings. The SMILES string of the molecule is CC(C)NC(=O)N1CCC(C(=O)Nc2ccccc2Oc2ccccc2)CC1. The Labute approximate surface area is 165 Å². The number of piperidine rings is 1. The fraction of sp³-hybridized carbons (Fsp3) is 0.364. The van der Waals surface area contributed by atoms with Crippen LogP contribution in [0.2, 0.25) is 0 Å². The summed E-state index contributed by atoms with van der Waals surface area (Å²) in [6.45, 7) is 5.04. The number of amides is 3. The molecule has 2 aromatic carbocycles. The molecule has 1 fully saturated rings. The number of carbonyl (C=O) groups excluding carboxylic acids is 2. The van der Waals surface area contributed by atoms with E-state index in [1.165, 1.54) is 0 Å². The molecule has 0 aromatic heterocycles. The first kappa shape index (κ1) is 19.7. The van der Waals surface area contributed by atoms with E-state index in [-0.39, 0.29) is 23.9 Å². The summed E-state index contributed by atoms with van der Waals surface area (Å²) in [6, 6.07) is 16.9. The summed E-state index contributed by atoms with van der Waals surface area (Å²) in [5, 5.41) is 5.89. The molecule has 3 amide bonds. The summed E-state index contributed by atoms with van der Waals surface area (Å²) < 4.78 is 5.91. The Morgan fingerprint density at radius 3 is 2.32 bits per heavy atom. The second kappa shape index (κ2) is 9.26. The van der Waals surface area contributed by atoms with Crippen LogP contribution < -0.4 is 15.4 Å². The van der Waals surface area contributed by atoms with Gasteiger partial charge in [-0.2, -0.15) is 0 Å². The van der Waals surface area contributed by atoms with Crippen molar-refractivity contribution in [1.82, 2.24) is 10.2 Å². The van der Waals surface area contributed by atoms with Crippen molar-refractivity contribution in [3.63, 3.8) is 0 Å². The van der Waals surface area contributed by atoms with E-state index in [0.29, 0.717) is 43.1 Å². The van der Waals surface area contributed by atoms with Gasteiger partial charge < -0.3 is 20.3 Å². The number of hydrogen-bond donors (Lipinski definition) is 2. The Morgan fingerprint density at radius 1 is 1.00 bits per heavy atom. The third-order valence-corrected chi connectivity index (χ3v) is 4.68. The molecule has 2 N–H and O–H groups in total. The van der Waals surface area contributed by atoms with Crippen LogP contribution in [-0.2, 0) is 4.79 Å². The van der Waals surface area contributed by atoms with Crippen molar-refractivity contribution in [3.8, 4) is 11.5 Å². The minimum Gasteiger partial charge on any atom is -0.455 e. The maximum atomic E-state index is 12.7. The number of likely N-dealkylation sites (tertiary alicyclic amines) is 1. The van der Waals surface area contributed by atoms with Crippen molar-refractivity contribution in [3.05, 3.63) is 54.6 Å². The molecular weight excluding hydrogens is 354 g/mol. The van der Waals surface area contributed by atoms with Crippen molar-refractivity contribution in [1.29, 1.82) is 0 Å². The third-order valence-electron chi connectivity index (χ3n) is 4.68. The van der Waals surface area contributed by atoms with Gasteiger partial charge in [0.2, 0.25) is 5.91 Å². The average molecular weight is 381 g/mol. The zero-order chi connectivity index (χ0) is 19.9. The average Bonchev–Trinajstić information content (AvgIpc) is 2.70. The first-order valence-electron chi connectivity index (χ1n) is 9.71. The van der Waals surface area contributed by atoms with Crippen molar-refractivity contribution in [2.45, 2.75) is 32.7 Å². The number of anilines is 1. The minimum atomic E-state index is -0.118.